The van der Waals surface area contributed by atoms with Gasteiger partial charge in [-0.2, -0.15) is 0 Å². The molecule has 2 aliphatic rings. The molecule has 0 aliphatic carbocycles. The molecule has 2 unspecified atom stereocenters. The second-order valence-corrected chi connectivity index (χ2v) is 11.5. The molecule has 0 saturated carbocycles. The zero-order chi connectivity index (χ0) is 28.2. The zero-order valence-corrected chi connectivity index (χ0v) is 23.5. The highest BCUT2D eigenvalue weighted by Crippen LogP contribution is 2.44. The van der Waals surface area contributed by atoms with Crippen molar-refractivity contribution in [3.05, 3.63) is 107 Å². The van der Waals surface area contributed by atoms with Crippen molar-refractivity contribution in [2.75, 3.05) is 13.7 Å². The van der Waals surface area contributed by atoms with Crippen molar-refractivity contribution in [3.8, 4) is 0 Å². The molecule has 0 aromatic heterocycles. The third-order valence-corrected chi connectivity index (χ3v) is 8.99. The molecular weight excluding hydrogens is 502 g/mol. The normalized spacial score (nSPS) is 23.9. The highest BCUT2D eigenvalue weighted by atomic mass is 16.6. The van der Waals surface area contributed by atoms with E-state index < -0.39 is 11.6 Å². The number of aryl methyl sites for hydroxylation is 1. The third-order valence-electron chi connectivity index (χ3n) is 8.99. The van der Waals surface area contributed by atoms with E-state index in [-0.39, 0.29) is 12.1 Å². The van der Waals surface area contributed by atoms with Gasteiger partial charge in [-0.1, -0.05) is 84.9 Å². The van der Waals surface area contributed by atoms with E-state index in [0.29, 0.717) is 42.7 Å². The zero-order valence-electron chi connectivity index (χ0n) is 23.5. The van der Waals surface area contributed by atoms with Crippen molar-refractivity contribution in [1.29, 1.82) is 0 Å². The van der Waals surface area contributed by atoms with Gasteiger partial charge in [-0.15, -0.1) is 0 Å². The van der Waals surface area contributed by atoms with Gasteiger partial charge in [-0.05, 0) is 30.0 Å². The number of piperidine rings is 1. The van der Waals surface area contributed by atoms with E-state index in [4.69, 9.17) is 9.47 Å². The molecule has 2 bridgehead atoms. The van der Waals surface area contributed by atoms with Crippen LogP contribution in [0.25, 0.3) is 0 Å². The molecule has 2 heterocycles. The summed E-state index contributed by atoms with van der Waals surface area (Å²) >= 11 is 0. The van der Waals surface area contributed by atoms with E-state index in [1.165, 1.54) is 5.56 Å². The molecule has 3 aromatic carbocycles. The number of hydrogen-bond acceptors (Lipinski definition) is 5. The molecule has 210 valence electrons. The van der Waals surface area contributed by atoms with Crippen LogP contribution in [0.5, 0.6) is 0 Å². The number of aliphatic hydroxyl groups is 1. The molecule has 1 N–H and O–H groups in total. The average molecular weight is 543 g/mol. The number of quaternary nitrogens is 1. The standard InChI is InChI=1S/C34H40NO5/c1-3-39-32(36)21-18-25-14-16-26(17-15-25)24-35(2)29-19-20-30(35)23-31(22-29)40-33(37)34(38,27-10-6-4-7-11-27)28-12-8-5-9-13-28/h4-17,29-31,38H,3,18-24H2,1-2H3/q+1. The number of carbonyl (C=O) groups is 2. The van der Waals surface area contributed by atoms with Gasteiger partial charge in [0.1, 0.15) is 12.6 Å². The maximum absolute atomic E-state index is 13.7. The highest BCUT2D eigenvalue weighted by Gasteiger charge is 2.53. The number of hydrogen-bond donors (Lipinski definition) is 1. The summed E-state index contributed by atoms with van der Waals surface area (Å²) in [6.07, 6.45) is 4.64. The van der Waals surface area contributed by atoms with E-state index in [2.05, 4.69) is 31.3 Å². The van der Waals surface area contributed by atoms with Crippen LogP contribution < -0.4 is 0 Å². The topological polar surface area (TPSA) is 72.8 Å². The maximum atomic E-state index is 13.7. The molecule has 6 heteroatoms. The Hall–Kier alpha value is -3.48. The second kappa shape index (κ2) is 11.9. The lowest BCUT2D eigenvalue weighted by Gasteiger charge is -2.47. The monoisotopic (exact) mass is 542 g/mol. The van der Waals surface area contributed by atoms with Crippen LogP contribution in [-0.2, 0) is 37.6 Å². The van der Waals surface area contributed by atoms with Gasteiger partial charge in [0.15, 0.2) is 0 Å². The summed E-state index contributed by atoms with van der Waals surface area (Å²) in [7, 11) is 2.33. The predicted octanol–water partition coefficient (Wildman–Crippen LogP) is 5.30. The molecule has 5 rings (SSSR count). The van der Waals surface area contributed by atoms with Crippen LogP contribution in [0.3, 0.4) is 0 Å². The van der Waals surface area contributed by atoms with Crippen LogP contribution >= 0.6 is 0 Å². The Morgan fingerprint density at radius 1 is 0.850 bits per heavy atom. The molecule has 0 spiro atoms. The number of ether oxygens (including phenoxy) is 2. The largest absolute Gasteiger partial charge is 0.466 e. The minimum atomic E-state index is -1.85. The van der Waals surface area contributed by atoms with Crippen molar-refractivity contribution in [1.82, 2.24) is 0 Å². The number of benzene rings is 3. The molecule has 0 radical (unpaired) electrons. The van der Waals surface area contributed by atoms with Crippen molar-refractivity contribution >= 4 is 11.9 Å². The van der Waals surface area contributed by atoms with Gasteiger partial charge in [0.2, 0.25) is 5.60 Å². The first-order valence-electron chi connectivity index (χ1n) is 14.5. The highest BCUT2D eigenvalue weighted by molar-refractivity contribution is 5.85. The van der Waals surface area contributed by atoms with Crippen molar-refractivity contribution in [2.45, 2.75) is 75.8 Å². The molecule has 2 atom stereocenters. The Kier molecular flexibility index (Phi) is 8.38. The summed E-state index contributed by atoms with van der Waals surface area (Å²) in [6, 6.07) is 27.5. The minimum absolute atomic E-state index is 0.157. The van der Waals surface area contributed by atoms with E-state index in [0.717, 1.165) is 42.3 Å². The van der Waals surface area contributed by atoms with Crippen LogP contribution in [0, 0.1) is 0 Å². The number of nitrogens with zero attached hydrogens (tertiary/aromatic N) is 1. The Labute approximate surface area is 237 Å². The number of fused-ring (bicyclic) bond motifs is 2. The summed E-state index contributed by atoms with van der Waals surface area (Å²) in [5.74, 6) is -0.764. The lowest BCUT2D eigenvalue weighted by molar-refractivity contribution is -0.961. The first kappa shape index (κ1) is 28.1. The summed E-state index contributed by atoms with van der Waals surface area (Å²) in [5.41, 5.74) is 1.58. The van der Waals surface area contributed by atoms with Crippen molar-refractivity contribution < 1.29 is 28.7 Å². The molecule has 2 fully saturated rings. The van der Waals surface area contributed by atoms with Crippen LogP contribution in [0.1, 0.15) is 61.3 Å². The predicted molar refractivity (Wildman–Crippen MR) is 153 cm³/mol. The van der Waals surface area contributed by atoms with E-state index in [9.17, 15) is 14.7 Å². The lowest BCUT2D eigenvalue weighted by atomic mass is 9.86. The van der Waals surface area contributed by atoms with Gasteiger partial charge in [-0.25, -0.2) is 4.79 Å². The Morgan fingerprint density at radius 3 is 1.90 bits per heavy atom. The van der Waals surface area contributed by atoms with E-state index >= 15 is 0 Å². The first-order valence-corrected chi connectivity index (χ1v) is 14.5. The van der Waals surface area contributed by atoms with Crippen LogP contribution in [0.15, 0.2) is 84.9 Å². The van der Waals surface area contributed by atoms with Crippen LogP contribution in [-0.4, -0.2) is 53.4 Å². The summed E-state index contributed by atoms with van der Waals surface area (Å²) < 4.78 is 12.1. The summed E-state index contributed by atoms with van der Waals surface area (Å²) in [4.78, 5) is 25.4. The van der Waals surface area contributed by atoms with Gasteiger partial charge in [0.25, 0.3) is 0 Å². The SMILES string of the molecule is CCOC(=O)CCc1ccc(C[N+]2(C)C3CCC2CC(OC(=O)C(O)(c2ccccc2)c2ccccc2)C3)cc1. The molecule has 6 nitrogen and oxygen atoms in total. The first-order chi connectivity index (χ1) is 19.3. The van der Waals surface area contributed by atoms with Crippen LogP contribution in [0.2, 0.25) is 0 Å². The van der Waals surface area contributed by atoms with Gasteiger partial charge < -0.3 is 19.1 Å². The molecule has 3 aromatic rings. The lowest BCUT2D eigenvalue weighted by Crippen LogP contribution is -2.58. The number of carbonyl (C=O) groups excluding carboxylic acids is 2. The quantitative estimate of drug-likeness (QED) is 0.278. The average Bonchev–Trinajstić information content (AvgIpc) is 3.12. The molecule has 0 amide bonds. The van der Waals surface area contributed by atoms with Gasteiger partial charge in [0.05, 0.1) is 25.7 Å². The van der Waals surface area contributed by atoms with Crippen LogP contribution in [0.4, 0.5) is 0 Å². The molecule has 40 heavy (non-hydrogen) atoms. The summed E-state index contributed by atoms with van der Waals surface area (Å²) in [5, 5.41) is 11.8. The van der Waals surface area contributed by atoms with Gasteiger partial charge in [-0.3, -0.25) is 4.79 Å². The fourth-order valence-electron chi connectivity index (χ4n) is 6.73. The minimum Gasteiger partial charge on any atom is -0.466 e. The number of esters is 2. The van der Waals surface area contributed by atoms with Crippen molar-refractivity contribution in [2.24, 2.45) is 0 Å². The fourth-order valence-corrected chi connectivity index (χ4v) is 6.73. The smallest absolute Gasteiger partial charge is 0.347 e. The molecular formula is C34H40NO5+. The molecule has 2 saturated heterocycles. The Bertz CT molecular complexity index is 1240. The van der Waals surface area contributed by atoms with Gasteiger partial charge in [0, 0.05) is 37.7 Å². The Morgan fingerprint density at radius 2 is 1.38 bits per heavy atom. The van der Waals surface area contributed by atoms with E-state index in [1.54, 1.807) is 24.3 Å². The van der Waals surface area contributed by atoms with Gasteiger partial charge >= 0.3 is 11.9 Å². The maximum Gasteiger partial charge on any atom is 0.347 e. The number of rotatable bonds is 10. The third kappa shape index (κ3) is 5.70. The molecule has 2 aliphatic heterocycles. The van der Waals surface area contributed by atoms with Crippen molar-refractivity contribution in [3.63, 3.8) is 0 Å². The second-order valence-electron chi connectivity index (χ2n) is 11.5. The van der Waals surface area contributed by atoms with E-state index in [1.807, 2.05) is 43.3 Å². The Balaban J connectivity index is 1.25. The fraction of sp³-hybridized carbons (Fsp3) is 0.412. The summed E-state index contributed by atoms with van der Waals surface area (Å²) in [6.45, 7) is 3.16.